The predicted molar refractivity (Wildman–Crippen MR) is 102 cm³/mol. The topological polar surface area (TPSA) is 30.0 Å². The number of rotatable bonds is 6. The van der Waals surface area contributed by atoms with Crippen LogP contribution in [-0.2, 0) is 17.6 Å². The molecule has 0 atom stereocenters. The number of Topliss-reactive ketones (excluding diaryl/α,β-unsaturated/α-hetero) is 1. The maximum absolute atomic E-state index is 12.3. The number of nitrogens with zero attached hydrogens (tertiary/aromatic N) is 1. The maximum atomic E-state index is 12.3. The summed E-state index contributed by atoms with van der Waals surface area (Å²) >= 11 is 15.4. The van der Waals surface area contributed by atoms with Gasteiger partial charge in [0.1, 0.15) is 5.78 Å². The van der Waals surface area contributed by atoms with Crippen molar-refractivity contribution in [2.24, 2.45) is 0 Å². The van der Waals surface area contributed by atoms with E-state index in [-0.39, 0.29) is 5.78 Å². The van der Waals surface area contributed by atoms with Crippen LogP contribution >= 0.6 is 46.3 Å². The van der Waals surface area contributed by atoms with Crippen molar-refractivity contribution in [1.29, 1.82) is 0 Å². The van der Waals surface area contributed by atoms with E-state index in [2.05, 4.69) is 4.98 Å². The molecule has 0 fully saturated rings. The molecule has 0 amide bonds. The number of ketones is 1. The number of aromatic nitrogens is 1. The van der Waals surface area contributed by atoms with Crippen LogP contribution in [0.2, 0.25) is 10.0 Å². The molecule has 0 unspecified atom stereocenters. The summed E-state index contributed by atoms with van der Waals surface area (Å²) in [6.45, 7) is 0. The lowest BCUT2D eigenvalue weighted by molar-refractivity contribution is -0.117. The Morgan fingerprint density at radius 1 is 1.04 bits per heavy atom. The highest BCUT2D eigenvalue weighted by Gasteiger charge is 2.13. The summed E-state index contributed by atoms with van der Waals surface area (Å²) in [6.07, 6.45) is 2.47. The summed E-state index contributed by atoms with van der Waals surface area (Å²) < 4.78 is 0. The number of hydrogen-bond donors (Lipinski definition) is 0. The Morgan fingerprint density at radius 2 is 1.83 bits per heavy atom. The van der Waals surface area contributed by atoms with Gasteiger partial charge in [0, 0.05) is 27.8 Å². The summed E-state index contributed by atoms with van der Waals surface area (Å²) in [4.78, 5) is 18.4. The van der Waals surface area contributed by atoms with Gasteiger partial charge in [-0.05, 0) is 23.8 Å². The number of carbonyl (C=O) groups excluding carboxylic acids is 1. The molecule has 2 nitrogen and oxygen atoms in total. The minimum atomic E-state index is 0.148. The van der Waals surface area contributed by atoms with Crippen molar-refractivity contribution in [3.63, 3.8) is 0 Å². The Morgan fingerprint density at radius 3 is 2.62 bits per heavy atom. The van der Waals surface area contributed by atoms with E-state index in [0.29, 0.717) is 22.9 Å². The Bertz CT molecular complexity index is 850. The van der Waals surface area contributed by atoms with E-state index in [1.165, 1.54) is 23.1 Å². The summed E-state index contributed by atoms with van der Waals surface area (Å²) in [5, 5.41) is 3.79. The van der Waals surface area contributed by atoms with Crippen LogP contribution in [0, 0.1) is 0 Å². The highest BCUT2D eigenvalue weighted by molar-refractivity contribution is 7.99. The van der Waals surface area contributed by atoms with Gasteiger partial charge in [0.05, 0.1) is 21.5 Å². The molecular weight excluding hydrogens is 381 g/mol. The average Bonchev–Trinajstić information content (AvgIpc) is 3.06. The van der Waals surface area contributed by atoms with Crippen molar-refractivity contribution in [1.82, 2.24) is 4.98 Å². The first-order valence-corrected chi connectivity index (χ1v) is 9.68. The molecule has 0 N–H and O–H groups in total. The van der Waals surface area contributed by atoms with Gasteiger partial charge < -0.3 is 0 Å². The van der Waals surface area contributed by atoms with Gasteiger partial charge in [0.2, 0.25) is 0 Å². The van der Waals surface area contributed by atoms with Crippen molar-refractivity contribution in [2.75, 3.05) is 0 Å². The summed E-state index contributed by atoms with van der Waals surface area (Å²) in [5.74, 6) is 0.148. The van der Waals surface area contributed by atoms with Crippen molar-refractivity contribution < 1.29 is 4.79 Å². The third-order valence-electron chi connectivity index (χ3n) is 3.33. The van der Waals surface area contributed by atoms with Gasteiger partial charge in [-0.2, -0.15) is 0 Å². The van der Waals surface area contributed by atoms with E-state index >= 15 is 0 Å². The summed E-state index contributed by atoms with van der Waals surface area (Å²) in [6, 6.07) is 13.4. The molecule has 0 bridgehead atoms. The molecule has 0 saturated carbocycles. The lowest BCUT2D eigenvalue weighted by Crippen LogP contribution is -2.07. The summed E-state index contributed by atoms with van der Waals surface area (Å²) in [7, 11) is 0. The molecule has 1 aromatic heterocycles. The number of carbonyl (C=O) groups is 1. The van der Waals surface area contributed by atoms with Crippen LogP contribution in [0.4, 0.5) is 0 Å². The number of benzene rings is 2. The highest BCUT2D eigenvalue weighted by Crippen LogP contribution is 2.38. The molecule has 122 valence electrons. The zero-order valence-corrected chi connectivity index (χ0v) is 15.7. The van der Waals surface area contributed by atoms with Gasteiger partial charge >= 0.3 is 0 Å². The number of halogens is 2. The van der Waals surface area contributed by atoms with E-state index < -0.39 is 0 Å². The molecule has 0 aliphatic heterocycles. The van der Waals surface area contributed by atoms with Crippen LogP contribution in [0.15, 0.2) is 63.8 Å². The lowest BCUT2D eigenvalue weighted by atomic mass is 10.1. The Hall–Kier alpha value is -1.33. The van der Waals surface area contributed by atoms with Crippen LogP contribution in [0.5, 0.6) is 0 Å². The van der Waals surface area contributed by atoms with Gasteiger partial charge in [-0.15, -0.1) is 11.3 Å². The van der Waals surface area contributed by atoms with Crippen molar-refractivity contribution >= 4 is 52.1 Å². The maximum Gasteiger partial charge on any atom is 0.144 e. The molecule has 0 aliphatic carbocycles. The monoisotopic (exact) mass is 393 g/mol. The van der Waals surface area contributed by atoms with Crippen LogP contribution in [0.1, 0.15) is 10.6 Å². The molecule has 0 aliphatic rings. The van der Waals surface area contributed by atoms with Crippen LogP contribution < -0.4 is 0 Å². The third-order valence-corrected chi connectivity index (χ3v) is 6.22. The van der Waals surface area contributed by atoms with E-state index in [9.17, 15) is 4.79 Å². The van der Waals surface area contributed by atoms with Gasteiger partial charge in [0.15, 0.2) is 0 Å². The lowest BCUT2D eigenvalue weighted by Gasteiger charge is -2.10. The number of hydrogen-bond acceptors (Lipinski definition) is 4. The third kappa shape index (κ3) is 4.39. The first-order valence-electron chi connectivity index (χ1n) is 7.23. The zero-order chi connectivity index (χ0) is 16.9. The quantitative estimate of drug-likeness (QED) is 0.517. The highest BCUT2D eigenvalue weighted by atomic mass is 35.5. The fourth-order valence-corrected chi connectivity index (χ4v) is 4.33. The Kier molecular flexibility index (Phi) is 5.95. The first kappa shape index (κ1) is 17.5. The largest absolute Gasteiger partial charge is 0.299 e. The Balaban J connectivity index is 1.78. The van der Waals surface area contributed by atoms with Crippen molar-refractivity contribution in [3.05, 3.63) is 74.7 Å². The van der Waals surface area contributed by atoms with E-state index in [0.717, 1.165) is 20.4 Å². The van der Waals surface area contributed by atoms with Gasteiger partial charge in [-0.1, -0.05) is 59.2 Å². The second-order valence-electron chi connectivity index (χ2n) is 5.08. The van der Waals surface area contributed by atoms with Crippen LogP contribution in [-0.4, -0.2) is 10.8 Å². The molecule has 6 heteroatoms. The molecule has 3 rings (SSSR count). The fourth-order valence-electron chi connectivity index (χ4n) is 2.21. The molecule has 0 radical (unpaired) electrons. The summed E-state index contributed by atoms with van der Waals surface area (Å²) in [5.41, 5.74) is 0.986. The zero-order valence-electron chi connectivity index (χ0n) is 12.5. The molecule has 0 saturated heterocycles. The second kappa shape index (κ2) is 8.17. The standard InChI is InChI=1S/C18H13Cl2NOS2/c19-14-5-3-7-16(18(14)20)24-15-6-2-1-4-12(15)10-13(22)11-17-21-8-9-23-17/h1-9H,10-11H2. The number of thiazole rings is 1. The first-order chi connectivity index (χ1) is 11.6. The minimum absolute atomic E-state index is 0.148. The van der Waals surface area contributed by atoms with Crippen molar-refractivity contribution in [3.8, 4) is 0 Å². The second-order valence-corrected chi connectivity index (χ2v) is 7.93. The van der Waals surface area contributed by atoms with E-state index in [4.69, 9.17) is 23.2 Å². The van der Waals surface area contributed by atoms with Crippen LogP contribution in [0.3, 0.4) is 0 Å². The molecule has 3 aromatic rings. The van der Waals surface area contributed by atoms with Crippen molar-refractivity contribution in [2.45, 2.75) is 22.6 Å². The molecule has 2 aromatic carbocycles. The van der Waals surface area contributed by atoms with Gasteiger partial charge in [-0.3, -0.25) is 4.79 Å². The van der Waals surface area contributed by atoms with Gasteiger partial charge in [0.25, 0.3) is 0 Å². The molecule has 1 heterocycles. The fraction of sp³-hybridized carbons (Fsp3) is 0.111. The van der Waals surface area contributed by atoms with E-state index in [1.54, 1.807) is 12.3 Å². The Labute approximate surface area is 158 Å². The normalized spacial score (nSPS) is 10.8. The molecular formula is C18H13Cl2NOS2. The minimum Gasteiger partial charge on any atom is -0.299 e. The van der Waals surface area contributed by atoms with Crippen LogP contribution in [0.25, 0.3) is 0 Å². The SMILES string of the molecule is O=C(Cc1nccs1)Cc1ccccc1Sc1cccc(Cl)c1Cl. The molecule has 24 heavy (non-hydrogen) atoms. The predicted octanol–water partition coefficient (Wildman–Crippen LogP) is 5.96. The molecule has 0 spiro atoms. The van der Waals surface area contributed by atoms with Gasteiger partial charge in [-0.25, -0.2) is 4.98 Å². The average molecular weight is 394 g/mol. The van der Waals surface area contributed by atoms with E-state index in [1.807, 2.05) is 41.8 Å². The smallest absolute Gasteiger partial charge is 0.144 e.